The zero-order valence-corrected chi connectivity index (χ0v) is 14.1. The smallest absolute Gasteiger partial charge is 0.0610 e. The first kappa shape index (κ1) is 14.0. The SMILES string of the molecule is Cc1cccc2c1C1([C@@H](C)N)c3ccccc3C2c2ccccc21. The van der Waals surface area contributed by atoms with E-state index in [0.29, 0.717) is 5.92 Å². The highest BCUT2D eigenvalue weighted by atomic mass is 14.7. The predicted molar refractivity (Wildman–Crippen MR) is 98.5 cm³/mol. The first-order valence-electron chi connectivity index (χ1n) is 8.71. The van der Waals surface area contributed by atoms with Gasteiger partial charge in [-0.1, -0.05) is 66.7 Å². The van der Waals surface area contributed by atoms with Crippen molar-refractivity contribution in [1.29, 1.82) is 0 Å². The molecule has 0 fully saturated rings. The second-order valence-electron chi connectivity index (χ2n) is 7.24. The van der Waals surface area contributed by atoms with E-state index < -0.39 is 0 Å². The van der Waals surface area contributed by atoms with Crippen molar-refractivity contribution < 1.29 is 0 Å². The quantitative estimate of drug-likeness (QED) is 0.704. The van der Waals surface area contributed by atoms with E-state index in [1.54, 1.807) is 0 Å². The molecule has 118 valence electrons. The third-order valence-corrected chi connectivity index (χ3v) is 6.09. The predicted octanol–water partition coefficient (Wildman–Crippen LogP) is 4.48. The first-order chi connectivity index (χ1) is 11.7. The van der Waals surface area contributed by atoms with E-state index in [4.69, 9.17) is 5.73 Å². The van der Waals surface area contributed by atoms with Gasteiger partial charge in [-0.05, 0) is 52.8 Å². The van der Waals surface area contributed by atoms with Crippen LogP contribution in [0.25, 0.3) is 0 Å². The molecular weight excluding hydrogens is 290 g/mol. The van der Waals surface area contributed by atoms with Crippen LogP contribution >= 0.6 is 0 Å². The molecule has 3 aromatic rings. The second kappa shape index (κ2) is 4.58. The average molecular weight is 311 g/mol. The largest absolute Gasteiger partial charge is 0.327 e. The van der Waals surface area contributed by atoms with E-state index in [2.05, 4.69) is 80.6 Å². The van der Waals surface area contributed by atoms with Gasteiger partial charge in [-0.3, -0.25) is 0 Å². The Kier molecular flexibility index (Phi) is 2.67. The van der Waals surface area contributed by atoms with Gasteiger partial charge in [-0.15, -0.1) is 0 Å². The van der Waals surface area contributed by atoms with Gasteiger partial charge in [-0.25, -0.2) is 0 Å². The van der Waals surface area contributed by atoms with Gasteiger partial charge in [0.1, 0.15) is 0 Å². The monoisotopic (exact) mass is 311 g/mol. The summed E-state index contributed by atoms with van der Waals surface area (Å²) in [6.07, 6.45) is 0. The maximum Gasteiger partial charge on any atom is 0.0610 e. The van der Waals surface area contributed by atoms with Crippen molar-refractivity contribution >= 4 is 0 Å². The van der Waals surface area contributed by atoms with Crippen LogP contribution in [0.1, 0.15) is 51.8 Å². The summed E-state index contributed by atoms with van der Waals surface area (Å²) >= 11 is 0. The Morgan fingerprint density at radius 3 is 1.92 bits per heavy atom. The van der Waals surface area contributed by atoms with Gasteiger partial charge in [0, 0.05) is 12.0 Å². The average Bonchev–Trinajstić information content (AvgIpc) is 2.61. The Morgan fingerprint density at radius 2 is 1.33 bits per heavy atom. The minimum absolute atomic E-state index is 0.000833. The van der Waals surface area contributed by atoms with Gasteiger partial charge >= 0.3 is 0 Å². The summed E-state index contributed by atoms with van der Waals surface area (Å²) in [5, 5.41) is 0. The van der Waals surface area contributed by atoms with E-state index in [1.165, 1.54) is 38.9 Å². The summed E-state index contributed by atoms with van der Waals surface area (Å²) in [5.41, 5.74) is 16.4. The first-order valence-corrected chi connectivity index (χ1v) is 8.71. The maximum absolute atomic E-state index is 6.75. The molecule has 24 heavy (non-hydrogen) atoms. The highest BCUT2D eigenvalue weighted by Crippen LogP contribution is 2.60. The lowest BCUT2D eigenvalue weighted by molar-refractivity contribution is 0.459. The van der Waals surface area contributed by atoms with Crippen molar-refractivity contribution in [2.75, 3.05) is 0 Å². The molecular formula is C23H21N. The van der Waals surface area contributed by atoms with Crippen molar-refractivity contribution in [3.8, 4) is 0 Å². The van der Waals surface area contributed by atoms with E-state index >= 15 is 0 Å². The Bertz CT molecular complexity index is 920. The van der Waals surface area contributed by atoms with Gasteiger partial charge in [0.15, 0.2) is 0 Å². The topological polar surface area (TPSA) is 26.0 Å². The number of hydrogen-bond donors (Lipinski definition) is 1. The fraction of sp³-hybridized carbons (Fsp3) is 0.217. The normalized spacial score (nSPS) is 24.0. The molecule has 0 amide bonds. The Hall–Kier alpha value is -2.38. The van der Waals surface area contributed by atoms with Crippen molar-refractivity contribution in [3.05, 3.63) is 106 Å². The highest BCUT2D eigenvalue weighted by Gasteiger charge is 2.53. The lowest BCUT2D eigenvalue weighted by atomic mass is 9.50. The summed E-state index contributed by atoms with van der Waals surface area (Å²) in [6.45, 7) is 4.39. The van der Waals surface area contributed by atoms with E-state index in [1.807, 2.05) is 0 Å². The van der Waals surface area contributed by atoms with Crippen LogP contribution in [0.4, 0.5) is 0 Å². The summed E-state index contributed by atoms with van der Waals surface area (Å²) in [6, 6.07) is 24.5. The molecule has 0 aromatic heterocycles. The molecule has 0 aliphatic heterocycles. The Morgan fingerprint density at radius 1 is 0.792 bits per heavy atom. The summed E-state index contributed by atoms with van der Waals surface area (Å²) in [7, 11) is 0. The molecule has 3 aromatic carbocycles. The lowest BCUT2D eigenvalue weighted by Crippen LogP contribution is -2.52. The molecule has 1 heteroatoms. The van der Waals surface area contributed by atoms with Gasteiger partial charge in [-0.2, -0.15) is 0 Å². The van der Waals surface area contributed by atoms with Crippen LogP contribution in [0, 0.1) is 6.92 Å². The zero-order chi connectivity index (χ0) is 16.5. The van der Waals surface area contributed by atoms with Crippen LogP contribution in [0.15, 0.2) is 66.7 Å². The van der Waals surface area contributed by atoms with Crippen molar-refractivity contribution in [2.24, 2.45) is 5.73 Å². The molecule has 0 heterocycles. The van der Waals surface area contributed by atoms with Crippen LogP contribution < -0.4 is 5.73 Å². The van der Waals surface area contributed by atoms with Crippen molar-refractivity contribution in [2.45, 2.75) is 31.2 Å². The second-order valence-corrected chi connectivity index (χ2v) is 7.24. The fourth-order valence-corrected chi connectivity index (χ4v) is 5.32. The lowest BCUT2D eigenvalue weighted by Gasteiger charge is -2.53. The molecule has 6 rings (SSSR count). The molecule has 0 saturated heterocycles. The Labute approximate surface area is 143 Å². The van der Waals surface area contributed by atoms with Crippen LogP contribution in [0.3, 0.4) is 0 Å². The standard InChI is InChI=1S/C23H21N/c1-14-8-7-11-18-21-16-9-3-5-12-19(16)23(15(2)24,22(14)18)20-13-6-4-10-17(20)21/h3-13,15,21H,24H2,1-2H3/t15-,21?,23?/m1/s1. The Balaban J connectivity index is 2.04. The number of hydrogen-bond acceptors (Lipinski definition) is 1. The third-order valence-electron chi connectivity index (χ3n) is 6.09. The van der Waals surface area contributed by atoms with E-state index in [-0.39, 0.29) is 11.5 Å². The van der Waals surface area contributed by atoms with E-state index in [9.17, 15) is 0 Å². The van der Waals surface area contributed by atoms with E-state index in [0.717, 1.165) is 0 Å². The molecule has 0 spiro atoms. The minimum atomic E-state index is -0.247. The highest BCUT2D eigenvalue weighted by molar-refractivity contribution is 5.73. The summed E-state index contributed by atoms with van der Waals surface area (Å²) in [4.78, 5) is 0. The fourth-order valence-electron chi connectivity index (χ4n) is 5.32. The van der Waals surface area contributed by atoms with Gasteiger partial charge in [0.25, 0.3) is 0 Å². The molecule has 3 aliphatic carbocycles. The molecule has 0 unspecified atom stereocenters. The van der Waals surface area contributed by atoms with Crippen molar-refractivity contribution in [1.82, 2.24) is 0 Å². The van der Waals surface area contributed by atoms with Crippen LogP contribution in [0.2, 0.25) is 0 Å². The minimum Gasteiger partial charge on any atom is -0.327 e. The summed E-state index contributed by atoms with van der Waals surface area (Å²) in [5.74, 6) is 0.327. The maximum atomic E-state index is 6.75. The molecule has 0 saturated carbocycles. The van der Waals surface area contributed by atoms with Crippen LogP contribution in [-0.4, -0.2) is 6.04 Å². The van der Waals surface area contributed by atoms with Gasteiger partial charge in [0.2, 0.25) is 0 Å². The van der Waals surface area contributed by atoms with Crippen LogP contribution in [0.5, 0.6) is 0 Å². The molecule has 3 aliphatic rings. The number of aryl methyl sites for hydroxylation is 1. The third kappa shape index (κ3) is 1.40. The number of benzene rings is 3. The molecule has 0 radical (unpaired) electrons. The summed E-state index contributed by atoms with van der Waals surface area (Å²) < 4.78 is 0. The molecule has 1 nitrogen and oxygen atoms in total. The molecule has 2 N–H and O–H groups in total. The van der Waals surface area contributed by atoms with Gasteiger partial charge in [0.05, 0.1) is 5.41 Å². The molecule has 1 atom stereocenters. The van der Waals surface area contributed by atoms with Gasteiger partial charge < -0.3 is 5.73 Å². The number of nitrogens with two attached hydrogens (primary N) is 1. The number of rotatable bonds is 1. The van der Waals surface area contributed by atoms with Crippen molar-refractivity contribution in [3.63, 3.8) is 0 Å². The zero-order valence-electron chi connectivity index (χ0n) is 14.1. The molecule has 2 bridgehead atoms. The van der Waals surface area contributed by atoms with Crippen LogP contribution in [-0.2, 0) is 5.41 Å².